The normalized spacial score (nSPS) is 10.4. The van der Waals surface area contributed by atoms with Crippen LogP contribution in [0.15, 0.2) is 72.8 Å². The number of benzene rings is 3. The Morgan fingerprint density at radius 1 is 0.741 bits per heavy atom. The standard InChI is InChI=1S/C23H25NO3/c1-24-17-18-12-13-22(23(16-18)25-2)27-15-14-26-21-11-7-6-10-20(21)19-8-4-3-5-9-19/h3-13,16,24H,14-15,17H2,1-2H3. The van der Waals surface area contributed by atoms with Crippen molar-refractivity contribution < 1.29 is 14.2 Å². The van der Waals surface area contributed by atoms with Crippen molar-refractivity contribution >= 4 is 0 Å². The molecule has 0 amide bonds. The minimum atomic E-state index is 0.435. The van der Waals surface area contributed by atoms with E-state index in [4.69, 9.17) is 14.2 Å². The predicted octanol–water partition coefficient (Wildman–Crippen LogP) is 4.54. The molecule has 0 aliphatic rings. The van der Waals surface area contributed by atoms with Crippen LogP contribution in [0.5, 0.6) is 17.2 Å². The van der Waals surface area contributed by atoms with E-state index in [1.54, 1.807) is 7.11 Å². The Labute approximate surface area is 160 Å². The van der Waals surface area contributed by atoms with Crippen molar-refractivity contribution in [2.75, 3.05) is 27.4 Å². The fraction of sp³-hybridized carbons (Fsp3) is 0.217. The molecule has 0 atom stereocenters. The molecule has 0 aliphatic carbocycles. The average molecular weight is 363 g/mol. The smallest absolute Gasteiger partial charge is 0.161 e. The van der Waals surface area contributed by atoms with Gasteiger partial charge < -0.3 is 19.5 Å². The van der Waals surface area contributed by atoms with E-state index in [-0.39, 0.29) is 0 Å². The van der Waals surface area contributed by atoms with Crippen molar-refractivity contribution in [2.45, 2.75) is 6.54 Å². The molecule has 3 aromatic rings. The van der Waals surface area contributed by atoms with Crippen molar-refractivity contribution in [3.05, 3.63) is 78.4 Å². The van der Waals surface area contributed by atoms with Gasteiger partial charge in [0, 0.05) is 12.1 Å². The van der Waals surface area contributed by atoms with E-state index in [9.17, 15) is 0 Å². The number of para-hydroxylation sites is 1. The summed E-state index contributed by atoms with van der Waals surface area (Å²) in [5.74, 6) is 2.30. The van der Waals surface area contributed by atoms with Gasteiger partial charge >= 0.3 is 0 Å². The molecule has 0 aromatic heterocycles. The van der Waals surface area contributed by atoms with Crippen LogP contribution in [0.2, 0.25) is 0 Å². The SMILES string of the molecule is CNCc1ccc(OCCOc2ccccc2-c2ccccc2)c(OC)c1. The van der Waals surface area contributed by atoms with Gasteiger partial charge in [0.2, 0.25) is 0 Å². The van der Waals surface area contributed by atoms with E-state index < -0.39 is 0 Å². The summed E-state index contributed by atoms with van der Waals surface area (Å²) in [5.41, 5.74) is 3.36. The van der Waals surface area contributed by atoms with E-state index in [1.807, 2.05) is 61.6 Å². The lowest BCUT2D eigenvalue weighted by molar-refractivity contribution is 0.212. The molecule has 4 nitrogen and oxygen atoms in total. The summed E-state index contributed by atoms with van der Waals surface area (Å²) in [7, 11) is 3.57. The Morgan fingerprint density at radius 2 is 1.44 bits per heavy atom. The quantitative estimate of drug-likeness (QED) is 0.567. The zero-order chi connectivity index (χ0) is 18.9. The summed E-state index contributed by atoms with van der Waals surface area (Å²) in [6.45, 7) is 1.67. The maximum Gasteiger partial charge on any atom is 0.161 e. The van der Waals surface area contributed by atoms with Crippen LogP contribution in [-0.2, 0) is 6.54 Å². The fourth-order valence-corrected chi connectivity index (χ4v) is 2.90. The molecule has 0 saturated carbocycles. The second kappa shape index (κ2) is 9.64. The molecule has 0 aliphatic heterocycles. The molecule has 4 heteroatoms. The maximum absolute atomic E-state index is 5.97. The van der Waals surface area contributed by atoms with Crippen LogP contribution in [-0.4, -0.2) is 27.4 Å². The van der Waals surface area contributed by atoms with Crippen molar-refractivity contribution in [1.29, 1.82) is 0 Å². The molecule has 0 spiro atoms. The topological polar surface area (TPSA) is 39.7 Å². The fourth-order valence-electron chi connectivity index (χ4n) is 2.90. The molecule has 0 bridgehead atoms. The molecule has 3 rings (SSSR count). The van der Waals surface area contributed by atoms with Crippen molar-refractivity contribution in [1.82, 2.24) is 5.32 Å². The highest BCUT2D eigenvalue weighted by atomic mass is 16.5. The van der Waals surface area contributed by atoms with Gasteiger partial charge in [-0.1, -0.05) is 54.6 Å². The van der Waals surface area contributed by atoms with Gasteiger partial charge in [0.25, 0.3) is 0 Å². The van der Waals surface area contributed by atoms with Crippen LogP contribution in [0.4, 0.5) is 0 Å². The first-order chi connectivity index (χ1) is 13.3. The third kappa shape index (κ3) is 5.02. The molecule has 3 aromatic carbocycles. The minimum Gasteiger partial charge on any atom is -0.493 e. The first-order valence-electron chi connectivity index (χ1n) is 9.03. The molecule has 0 saturated heterocycles. The molecule has 140 valence electrons. The lowest BCUT2D eigenvalue weighted by Crippen LogP contribution is -2.10. The zero-order valence-electron chi connectivity index (χ0n) is 15.8. The van der Waals surface area contributed by atoms with Crippen LogP contribution in [0.25, 0.3) is 11.1 Å². The predicted molar refractivity (Wildman–Crippen MR) is 109 cm³/mol. The van der Waals surface area contributed by atoms with Crippen LogP contribution in [0, 0.1) is 0 Å². The summed E-state index contributed by atoms with van der Waals surface area (Å²) in [6, 6.07) is 24.2. The van der Waals surface area contributed by atoms with Crippen molar-refractivity contribution in [3.8, 4) is 28.4 Å². The second-order valence-corrected chi connectivity index (χ2v) is 6.07. The number of methoxy groups -OCH3 is 1. The number of rotatable bonds is 9. The minimum absolute atomic E-state index is 0.435. The molecule has 27 heavy (non-hydrogen) atoms. The van der Waals surface area contributed by atoms with E-state index >= 15 is 0 Å². The molecule has 0 fully saturated rings. The third-order valence-electron chi connectivity index (χ3n) is 4.18. The van der Waals surface area contributed by atoms with Gasteiger partial charge in [0.05, 0.1) is 7.11 Å². The summed E-state index contributed by atoms with van der Waals surface area (Å²) in [4.78, 5) is 0. The summed E-state index contributed by atoms with van der Waals surface area (Å²) >= 11 is 0. The average Bonchev–Trinajstić information content (AvgIpc) is 2.73. The van der Waals surface area contributed by atoms with Gasteiger partial charge in [-0.3, -0.25) is 0 Å². The van der Waals surface area contributed by atoms with E-state index in [1.165, 1.54) is 0 Å². The Balaban J connectivity index is 1.60. The first kappa shape index (κ1) is 18.8. The molecular formula is C23H25NO3. The van der Waals surface area contributed by atoms with Crippen molar-refractivity contribution in [3.63, 3.8) is 0 Å². The molecule has 0 radical (unpaired) electrons. The van der Waals surface area contributed by atoms with Gasteiger partial charge in [-0.2, -0.15) is 0 Å². The highest BCUT2D eigenvalue weighted by Crippen LogP contribution is 2.30. The van der Waals surface area contributed by atoms with Gasteiger partial charge in [-0.25, -0.2) is 0 Å². The van der Waals surface area contributed by atoms with Gasteiger partial charge in [-0.15, -0.1) is 0 Å². The number of hydrogen-bond donors (Lipinski definition) is 1. The number of hydrogen-bond acceptors (Lipinski definition) is 4. The number of nitrogens with one attached hydrogen (secondary N) is 1. The summed E-state index contributed by atoms with van der Waals surface area (Å²) in [6.07, 6.45) is 0. The zero-order valence-corrected chi connectivity index (χ0v) is 15.8. The van der Waals surface area contributed by atoms with Crippen molar-refractivity contribution in [2.24, 2.45) is 0 Å². The third-order valence-corrected chi connectivity index (χ3v) is 4.18. The van der Waals surface area contributed by atoms with Crippen LogP contribution < -0.4 is 19.5 Å². The summed E-state index contributed by atoms with van der Waals surface area (Å²) < 4.78 is 17.3. The van der Waals surface area contributed by atoms with Crippen LogP contribution >= 0.6 is 0 Å². The van der Waals surface area contributed by atoms with Crippen LogP contribution in [0.3, 0.4) is 0 Å². The first-order valence-corrected chi connectivity index (χ1v) is 9.03. The van der Waals surface area contributed by atoms with Gasteiger partial charge in [0.15, 0.2) is 11.5 Å². The second-order valence-electron chi connectivity index (χ2n) is 6.07. The monoisotopic (exact) mass is 363 g/mol. The highest BCUT2D eigenvalue weighted by molar-refractivity contribution is 5.70. The van der Waals surface area contributed by atoms with E-state index in [0.717, 1.165) is 40.5 Å². The largest absolute Gasteiger partial charge is 0.493 e. The summed E-state index contributed by atoms with van der Waals surface area (Å²) in [5, 5.41) is 3.13. The Bertz CT molecular complexity index is 849. The van der Waals surface area contributed by atoms with E-state index in [2.05, 4.69) is 23.5 Å². The molecular weight excluding hydrogens is 338 g/mol. The van der Waals surface area contributed by atoms with Gasteiger partial charge in [0.1, 0.15) is 19.0 Å². The molecule has 0 heterocycles. The molecule has 0 unspecified atom stereocenters. The Hall–Kier alpha value is -2.98. The lowest BCUT2D eigenvalue weighted by atomic mass is 10.1. The maximum atomic E-state index is 5.97. The Morgan fingerprint density at radius 3 is 2.19 bits per heavy atom. The van der Waals surface area contributed by atoms with E-state index in [0.29, 0.717) is 13.2 Å². The lowest BCUT2D eigenvalue weighted by Gasteiger charge is -2.14. The molecule has 1 N–H and O–H groups in total. The van der Waals surface area contributed by atoms with Crippen LogP contribution in [0.1, 0.15) is 5.56 Å². The van der Waals surface area contributed by atoms with Gasteiger partial charge in [-0.05, 0) is 36.4 Å². The highest BCUT2D eigenvalue weighted by Gasteiger charge is 2.08. The Kier molecular flexibility index (Phi) is 6.72. The number of ether oxygens (including phenoxy) is 3.